The maximum atomic E-state index is 5.21. The van der Waals surface area contributed by atoms with E-state index < -0.39 is 0 Å². The van der Waals surface area contributed by atoms with Crippen molar-refractivity contribution < 1.29 is 0 Å². The van der Waals surface area contributed by atoms with Crippen molar-refractivity contribution in [2.45, 2.75) is 38.6 Å². The summed E-state index contributed by atoms with van der Waals surface area (Å²) in [6.07, 6.45) is 5.32. The third-order valence-electron chi connectivity index (χ3n) is 2.71. The molecule has 0 aromatic heterocycles. The van der Waals surface area contributed by atoms with Gasteiger partial charge in [0.1, 0.15) is 0 Å². The molecule has 3 N–H and O–H groups in total. The minimum absolute atomic E-state index is 0.788. The molecular weight excluding hydrogens is 150 g/mol. The Morgan fingerprint density at radius 3 is 3.00 bits per heavy atom. The van der Waals surface area contributed by atoms with Gasteiger partial charge >= 0.3 is 0 Å². The van der Waals surface area contributed by atoms with E-state index in [9.17, 15) is 0 Å². The zero-order valence-electron chi connectivity index (χ0n) is 8.05. The molecule has 0 radical (unpaired) electrons. The maximum Gasteiger partial charge on any atom is 0.0110 e. The van der Waals surface area contributed by atoms with Gasteiger partial charge in [0.2, 0.25) is 0 Å². The van der Waals surface area contributed by atoms with Crippen molar-refractivity contribution in [1.82, 2.24) is 10.3 Å². The predicted molar refractivity (Wildman–Crippen MR) is 51.7 cm³/mol. The first-order valence-corrected chi connectivity index (χ1v) is 5.02. The number of piperidine rings is 1. The van der Waals surface area contributed by atoms with Crippen molar-refractivity contribution in [1.29, 1.82) is 0 Å². The van der Waals surface area contributed by atoms with Crippen LogP contribution in [0.1, 0.15) is 32.6 Å². The third-order valence-corrected chi connectivity index (χ3v) is 2.71. The lowest BCUT2D eigenvalue weighted by Gasteiger charge is -2.33. The van der Waals surface area contributed by atoms with Crippen LogP contribution in [0, 0.1) is 0 Å². The molecule has 1 heterocycles. The summed E-state index contributed by atoms with van der Waals surface area (Å²) in [6, 6.07) is 0.788. The minimum atomic E-state index is 0.788. The van der Waals surface area contributed by atoms with E-state index in [2.05, 4.69) is 17.2 Å². The minimum Gasteiger partial charge on any atom is -0.301 e. The first-order chi connectivity index (χ1) is 5.84. The van der Waals surface area contributed by atoms with Crippen molar-refractivity contribution in [3.05, 3.63) is 0 Å². The molecule has 1 saturated heterocycles. The SMILES string of the molecule is CC1CCCCN1CCCNN. The van der Waals surface area contributed by atoms with Gasteiger partial charge in [-0.25, -0.2) is 0 Å². The fraction of sp³-hybridized carbons (Fsp3) is 1.00. The molecule has 1 atom stereocenters. The lowest BCUT2D eigenvalue weighted by Crippen LogP contribution is -2.39. The van der Waals surface area contributed by atoms with E-state index in [4.69, 9.17) is 5.84 Å². The summed E-state index contributed by atoms with van der Waals surface area (Å²) in [4.78, 5) is 2.57. The molecule has 12 heavy (non-hydrogen) atoms. The Hall–Kier alpha value is -0.120. The van der Waals surface area contributed by atoms with Crippen LogP contribution < -0.4 is 11.3 Å². The number of hydrazine groups is 1. The fourth-order valence-electron chi connectivity index (χ4n) is 1.87. The van der Waals surface area contributed by atoms with Crippen LogP contribution in [0.5, 0.6) is 0 Å². The van der Waals surface area contributed by atoms with E-state index in [0.717, 1.165) is 12.6 Å². The predicted octanol–water partition coefficient (Wildman–Crippen LogP) is 0.714. The van der Waals surface area contributed by atoms with E-state index in [1.807, 2.05) is 0 Å². The van der Waals surface area contributed by atoms with Crippen molar-refractivity contribution in [2.24, 2.45) is 5.84 Å². The molecule has 0 aliphatic carbocycles. The molecule has 1 fully saturated rings. The topological polar surface area (TPSA) is 41.3 Å². The quantitative estimate of drug-likeness (QED) is 0.372. The van der Waals surface area contributed by atoms with E-state index >= 15 is 0 Å². The smallest absolute Gasteiger partial charge is 0.0110 e. The lowest BCUT2D eigenvalue weighted by atomic mass is 10.0. The van der Waals surface area contributed by atoms with Crippen LogP contribution in [0.3, 0.4) is 0 Å². The molecule has 0 spiro atoms. The third kappa shape index (κ3) is 3.09. The molecule has 1 aliphatic heterocycles. The Balaban J connectivity index is 2.11. The molecule has 1 unspecified atom stereocenters. The standard InChI is InChI=1S/C9H21N3/c1-9-5-2-3-7-12(9)8-4-6-11-10/h9,11H,2-8,10H2,1H3. The summed E-state index contributed by atoms with van der Waals surface area (Å²) in [5.74, 6) is 5.21. The second-order valence-corrected chi connectivity index (χ2v) is 3.69. The average Bonchev–Trinajstić information content (AvgIpc) is 2.09. The molecule has 3 heteroatoms. The van der Waals surface area contributed by atoms with E-state index in [-0.39, 0.29) is 0 Å². The van der Waals surface area contributed by atoms with Crippen LogP contribution in [-0.4, -0.2) is 30.6 Å². The van der Waals surface area contributed by atoms with Gasteiger partial charge in [-0.1, -0.05) is 6.42 Å². The Labute approximate surface area is 75.3 Å². The Morgan fingerprint density at radius 1 is 1.50 bits per heavy atom. The number of hydrogen-bond acceptors (Lipinski definition) is 3. The second-order valence-electron chi connectivity index (χ2n) is 3.69. The van der Waals surface area contributed by atoms with Gasteiger partial charge in [0.25, 0.3) is 0 Å². The molecular formula is C9H21N3. The van der Waals surface area contributed by atoms with Gasteiger partial charge in [-0.15, -0.1) is 0 Å². The van der Waals surface area contributed by atoms with Gasteiger partial charge in [-0.05, 0) is 39.3 Å². The summed E-state index contributed by atoms with van der Waals surface area (Å²) in [5.41, 5.74) is 2.70. The van der Waals surface area contributed by atoms with Crippen LogP contribution in [0.4, 0.5) is 0 Å². The monoisotopic (exact) mass is 171 g/mol. The molecule has 0 amide bonds. The summed E-state index contributed by atoms with van der Waals surface area (Å²) in [7, 11) is 0. The zero-order chi connectivity index (χ0) is 8.81. The summed E-state index contributed by atoms with van der Waals surface area (Å²) in [6.45, 7) is 5.75. The molecule has 0 bridgehead atoms. The van der Waals surface area contributed by atoms with Crippen molar-refractivity contribution in [3.63, 3.8) is 0 Å². The highest BCUT2D eigenvalue weighted by atomic mass is 15.2. The largest absolute Gasteiger partial charge is 0.301 e. The Morgan fingerprint density at radius 2 is 2.33 bits per heavy atom. The van der Waals surface area contributed by atoms with E-state index in [1.165, 1.54) is 38.8 Å². The zero-order valence-corrected chi connectivity index (χ0v) is 8.05. The van der Waals surface area contributed by atoms with E-state index in [1.54, 1.807) is 0 Å². The summed E-state index contributed by atoms with van der Waals surface area (Å²) < 4.78 is 0. The van der Waals surface area contributed by atoms with Crippen LogP contribution in [0.15, 0.2) is 0 Å². The highest BCUT2D eigenvalue weighted by Crippen LogP contribution is 2.15. The first kappa shape index (κ1) is 9.96. The first-order valence-electron chi connectivity index (χ1n) is 5.02. The molecule has 1 rings (SSSR count). The van der Waals surface area contributed by atoms with Crippen LogP contribution in [0.2, 0.25) is 0 Å². The molecule has 0 saturated carbocycles. The molecule has 1 aliphatic rings. The summed E-state index contributed by atoms with van der Waals surface area (Å²) >= 11 is 0. The van der Waals surface area contributed by atoms with Gasteiger partial charge < -0.3 is 4.90 Å². The van der Waals surface area contributed by atoms with Crippen molar-refractivity contribution in [2.75, 3.05) is 19.6 Å². The van der Waals surface area contributed by atoms with Crippen LogP contribution >= 0.6 is 0 Å². The number of nitrogens with two attached hydrogens (primary N) is 1. The number of likely N-dealkylation sites (tertiary alicyclic amines) is 1. The van der Waals surface area contributed by atoms with Crippen molar-refractivity contribution >= 4 is 0 Å². The highest BCUT2D eigenvalue weighted by molar-refractivity contribution is 4.72. The van der Waals surface area contributed by atoms with Crippen molar-refractivity contribution in [3.8, 4) is 0 Å². The number of nitrogens with one attached hydrogen (secondary N) is 1. The maximum absolute atomic E-state index is 5.21. The van der Waals surface area contributed by atoms with E-state index in [0.29, 0.717) is 0 Å². The number of hydrogen-bond donors (Lipinski definition) is 2. The van der Waals surface area contributed by atoms with Crippen LogP contribution in [0.25, 0.3) is 0 Å². The average molecular weight is 171 g/mol. The van der Waals surface area contributed by atoms with Gasteiger partial charge in [0, 0.05) is 12.6 Å². The number of nitrogens with zero attached hydrogens (tertiary/aromatic N) is 1. The van der Waals surface area contributed by atoms with Gasteiger partial charge in [0.05, 0.1) is 0 Å². The fourth-order valence-corrected chi connectivity index (χ4v) is 1.87. The van der Waals surface area contributed by atoms with Gasteiger partial charge in [-0.3, -0.25) is 11.3 Å². The second kappa shape index (κ2) is 5.51. The molecule has 3 nitrogen and oxygen atoms in total. The van der Waals surface area contributed by atoms with Gasteiger partial charge in [0.15, 0.2) is 0 Å². The van der Waals surface area contributed by atoms with Gasteiger partial charge in [-0.2, -0.15) is 0 Å². The molecule has 72 valence electrons. The number of rotatable bonds is 4. The normalized spacial score (nSPS) is 26.0. The van der Waals surface area contributed by atoms with Crippen LogP contribution in [-0.2, 0) is 0 Å². The summed E-state index contributed by atoms with van der Waals surface area (Å²) in [5, 5.41) is 0. The Bertz CT molecular complexity index is 116. The molecule has 0 aromatic rings. The Kier molecular flexibility index (Phi) is 4.58. The highest BCUT2D eigenvalue weighted by Gasteiger charge is 2.16. The molecule has 0 aromatic carbocycles. The lowest BCUT2D eigenvalue weighted by molar-refractivity contribution is 0.159.